The molecule has 0 saturated heterocycles. The van der Waals surface area contributed by atoms with Crippen LogP contribution in [0, 0.1) is 5.92 Å². The van der Waals surface area contributed by atoms with Crippen molar-refractivity contribution in [2.75, 3.05) is 0 Å². The van der Waals surface area contributed by atoms with Gasteiger partial charge in [0.25, 0.3) is 5.91 Å². The van der Waals surface area contributed by atoms with Gasteiger partial charge in [-0.05, 0) is 18.9 Å². The van der Waals surface area contributed by atoms with E-state index < -0.39 is 0 Å². The van der Waals surface area contributed by atoms with E-state index in [4.69, 9.17) is 10.2 Å². The molecule has 0 bridgehead atoms. The van der Waals surface area contributed by atoms with E-state index in [1.165, 1.54) is 6.26 Å². The molecule has 0 spiro atoms. The first kappa shape index (κ1) is 12.8. The Hall–Kier alpha value is -1.29. The first-order valence-corrected chi connectivity index (χ1v) is 5.66. The molecule has 0 aromatic carbocycles. The number of rotatable bonds is 5. The van der Waals surface area contributed by atoms with E-state index in [2.05, 4.69) is 19.2 Å². The van der Waals surface area contributed by atoms with Crippen molar-refractivity contribution >= 4 is 5.91 Å². The second kappa shape index (κ2) is 5.70. The molecule has 0 aliphatic carbocycles. The lowest BCUT2D eigenvalue weighted by molar-refractivity contribution is 0.0927. The summed E-state index contributed by atoms with van der Waals surface area (Å²) >= 11 is 0. The molecule has 1 aromatic rings. The first-order valence-electron chi connectivity index (χ1n) is 5.66. The molecule has 0 aliphatic rings. The number of amides is 1. The van der Waals surface area contributed by atoms with Crippen LogP contribution in [-0.4, -0.2) is 11.9 Å². The zero-order valence-electron chi connectivity index (χ0n) is 10.1. The Morgan fingerprint density at radius 1 is 1.56 bits per heavy atom. The Labute approximate surface area is 96.2 Å². The molecular formula is C12H20N2O2. The molecule has 0 radical (unpaired) electrons. The molecule has 1 heterocycles. The van der Waals surface area contributed by atoms with Gasteiger partial charge in [-0.1, -0.05) is 20.3 Å². The normalized spacial score (nSPS) is 14.5. The third kappa shape index (κ3) is 3.10. The smallest absolute Gasteiger partial charge is 0.254 e. The molecule has 2 atom stereocenters. The summed E-state index contributed by atoms with van der Waals surface area (Å²) < 4.78 is 5.12. The highest BCUT2D eigenvalue weighted by atomic mass is 16.3. The molecule has 16 heavy (non-hydrogen) atoms. The summed E-state index contributed by atoms with van der Waals surface area (Å²) in [6, 6.07) is 1.84. The number of carbonyl (C=O) groups is 1. The van der Waals surface area contributed by atoms with Crippen molar-refractivity contribution in [3.63, 3.8) is 0 Å². The van der Waals surface area contributed by atoms with Gasteiger partial charge in [-0.25, -0.2) is 0 Å². The fraction of sp³-hybridized carbons (Fsp3) is 0.583. The fourth-order valence-corrected chi connectivity index (χ4v) is 1.39. The summed E-state index contributed by atoms with van der Waals surface area (Å²) in [5.41, 5.74) is 5.95. The van der Waals surface area contributed by atoms with Crippen LogP contribution in [0.5, 0.6) is 0 Å². The van der Waals surface area contributed by atoms with E-state index in [1.807, 2.05) is 6.92 Å². The van der Waals surface area contributed by atoms with E-state index in [0.29, 0.717) is 23.8 Å². The molecule has 3 N–H and O–H groups in total. The van der Waals surface area contributed by atoms with Crippen LogP contribution in [0.25, 0.3) is 0 Å². The van der Waals surface area contributed by atoms with Crippen molar-refractivity contribution in [3.8, 4) is 0 Å². The van der Waals surface area contributed by atoms with Gasteiger partial charge in [-0.15, -0.1) is 0 Å². The first-order chi connectivity index (χ1) is 7.58. The Balaban J connectivity index is 2.58. The summed E-state index contributed by atoms with van der Waals surface area (Å²) in [5, 5.41) is 2.94. The fourth-order valence-electron chi connectivity index (χ4n) is 1.39. The van der Waals surface area contributed by atoms with Gasteiger partial charge >= 0.3 is 0 Å². The van der Waals surface area contributed by atoms with Gasteiger partial charge < -0.3 is 15.5 Å². The Morgan fingerprint density at radius 2 is 2.25 bits per heavy atom. The van der Waals surface area contributed by atoms with Gasteiger partial charge in [-0.2, -0.15) is 0 Å². The summed E-state index contributed by atoms with van der Waals surface area (Å²) in [6.07, 6.45) is 2.49. The predicted molar refractivity (Wildman–Crippen MR) is 63.0 cm³/mol. The average molecular weight is 224 g/mol. The molecular weight excluding hydrogens is 204 g/mol. The van der Waals surface area contributed by atoms with Gasteiger partial charge in [0, 0.05) is 6.04 Å². The molecule has 0 aliphatic heterocycles. The van der Waals surface area contributed by atoms with E-state index in [1.54, 1.807) is 6.07 Å². The Kier molecular flexibility index (Phi) is 4.55. The lowest BCUT2D eigenvalue weighted by atomic mass is 10.0. The summed E-state index contributed by atoms with van der Waals surface area (Å²) in [4.78, 5) is 11.8. The van der Waals surface area contributed by atoms with Crippen molar-refractivity contribution in [1.29, 1.82) is 0 Å². The van der Waals surface area contributed by atoms with Crippen molar-refractivity contribution in [3.05, 3.63) is 23.7 Å². The lowest BCUT2D eigenvalue weighted by Crippen LogP contribution is -2.36. The molecule has 4 heteroatoms. The van der Waals surface area contributed by atoms with Crippen LogP contribution in [0.4, 0.5) is 0 Å². The van der Waals surface area contributed by atoms with E-state index >= 15 is 0 Å². The van der Waals surface area contributed by atoms with E-state index in [-0.39, 0.29) is 11.9 Å². The monoisotopic (exact) mass is 224 g/mol. The van der Waals surface area contributed by atoms with Crippen LogP contribution in [0.3, 0.4) is 0 Å². The molecule has 1 aromatic heterocycles. The Morgan fingerprint density at radius 3 is 2.75 bits per heavy atom. The highest BCUT2D eigenvalue weighted by Crippen LogP contribution is 2.10. The summed E-state index contributed by atoms with van der Waals surface area (Å²) in [6.45, 7) is 6.55. The third-order valence-electron chi connectivity index (χ3n) is 2.97. The van der Waals surface area contributed by atoms with Gasteiger partial charge in [-0.3, -0.25) is 4.79 Å². The maximum Gasteiger partial charge on any atom is 0.254 e. The molecule has 0 saturated carbocycles. The molecule has 0 fully saturated rings. The van der Waals surface area contributed by atoms with Crippen LogP contribution in [-0.2, 0) is 6.54 Å². The van der Waals surface area contributed by atoms with Crippen LogP contribution in [0.2, 0.25) is 0 Å². The van der Waals surface area contributed by atoms with Crippen LogP contribution < -0.4 is 11.1 Å². The molecule has 1 amide bonds. The lowest BCUT2D eigenvalue weighted by Gasteiger charge is -2.19. The number of carbonyl (C=O) groups excluding carboxylic acids is 1. The highest BCUT2D eigenvalue weighted by molar-refractivity contribution is 5.94. The quantitative estimate of drug-likeness (QED) is 0.802. The predicted octanol–water partition coefficient (Wildman–Crippen LogP) is 1.90. The molecule has 2 unspecified atom stereocenters. The zero-order chi connectivity index (χ0) is 12.1. The third-order valence-corrected chi connectivity index (χ3v) is 2.97. The van der Waals surface area contributed by atoms with Crippen molar-refractivity contribution < 1.29 is 9.21 Å². The van der Waals surface area contributed by atoms with Crippen LogP contribution in [0.15, 0.2) is 16.7 Å². The van der Waals surface area contributed by atoms with Crippen LogP contribution in [0.1, 0.15) is 43.3 Å². The van der Waals surface area contributed by atoms with E-state index in [9.17, 15) is 4.79 Å². The van der Waals surface area contributed by atoms with Gasteiger partial charge in [0.2, 0.25) is 0 Å². The van der Waals surface area contributed by atoms with Crippen molar-refractivity contribution in [2.45, 2.75) is 39.8 Å². The summed E-state index contributed by atoms with van der Waals surface area (Å²) in [7, 11) is 0. The van der Waals surface area contributed by atoms with Gasteiger partial charge in [0.05, 0.1) is 12.1 Å². The minimum absolute atomic E-state index is 0.101. The number of furan rings is 1. The standard InChI is InChI=1S/C12H20N2O2/c1-4-8(2)9(3)14-12(15)10-5-11(6-13)16-7-10/h5,7-9H,4,6,13H2,1-3H3,(H,14,15). The zero-order valence-corrected chi connectivity index (χ0v) is 10.1. The summed E-state index contributed by atoms with van der Waals surface area (Å²) in [5.74, 6) is 0.988. The average Bonchev–Trinajstić information content (AvgIpc) is 2.76. The van der Waals surface area contributed by atoms with Crippen LogP contribution >= 0.6 is 0 Å². The second-order valence-corrected chi connectivity index (χ2v) is 4.15. The maximum atomic E-state index is 11.8. The number of hydrogen-bond donors (Lipinski definition) is 2. The largest absolute Gasteiger partial charge is 0.467 e. The minimum atomic E-state index is -0.101. The molecule has 1 rings (SSSR count). The molecule has 4 nitrogen and oxygen atoms in total. The maximum absolute atomic E-state index is 11.8. The van der Waals surface area contributed by atoms with Crippen molar-refractivity contribution in [2.24, 2.45) is 11.7 Å². The highest BCUT2D eigenvalue weighted by Gasteiger charge is 2.15. The Bertz CT molecular complexity index is 347. The topological polar surface area (TPSA) is 68.3 Å². The molecule has 90 valence electrons. The van der Waals surface area contributed by atoms with Gasteiger partial charge in [0.1, 0.15) is 12.0 Å². The van der Waals surface area contributed by atoms with E-state index in [0.717, 1.165) is 6.42 Å². The second-order valence-electron chi connectivity index (χ2n) is 4.15. The SMILES string of the molecule is CCC(C)C(C)NC(=O)c1coc(CN)c1. The minimum Gasteiger partial charge on any atom is -0.467 e. The van der Waals surface area contributed by atoms with Gasteiger partial charge in [0.15, 0.2) is 0 Å². The van der Waals surface area contributed by atoms with Crippen molar-refractivity contribution in [1.82, 2.24) is 5.32 Å². The number of nitrogens with one attached hydrogen (secondary N) is 1. The number of hydrogen-bond acceptors (Lipinski definition) is 3. The number of nitrogens with two attached hydrogens (primary N) is 1.